The number of thioether (sulfide) groups is 1. The highest BCUT2D eigenvalue weighted by Gasteiger charge is 2.39. The maximum Gasteiger partial charge on any atom is 0.317 e. The summed E-state index contributed by atoms with van der Waals surface area (Å²) in [6.07, 6.45) is -0.476. The van der Waals surface area contributed by atoms with E-state index in [1.165, 1.54) is 7.11 Å². The predicted octanol–water partition coefficient (Wildman–Crippen LogP) is 1.62. The van der Waals surface area contributed by atoms with E-state index < -0.39 is 22.0 Å². The summed E-state index contributed by atoms with van der Waals surface area (Å²) < 4.78 is 28.6. The molecule has 0 radical (unpaired) electrons. The molecule has 8 heteroatoms. The molecule has 2 rings (SSSR count). The van der Waals surface area contributed by atoms with Gasteiger partial charge in [-0.15, -0.1) is 11.8 Å². The lowest BCUT2D eigenvalue weighted by molar-refractivity contribution is 0.0982. The summed E-state index contributed by atoms with van der Waals surface area (Å²) >= 11 is 1.69. The number of hydrogen-bond acceptors (Lipinski definition) is 5. The SMILES string of the molecule is CCN(CCSc1ccccc1)C(=O)NC1CS(=O)(=O)CC1OC. The van der Waals surface area contributed by atoms with Crippen LogP contribution in [0, 0.1) is 0 Å². The molecule has 1 fully saturated rings. The van der Waals surface area contributed by atoms with Crippen molar-refractivity contribution in [2.24, 2.45) is 0 Å². The Balaban J connectivity index is 1.84. The van der Waals surface area contributed by atoms with Gasteiger partial charge in [-0.2, -0.15) is 0 Å². The zero-order valence-electron chi connectivity index (χ0n) is 14.0. The van der Waals surface area contributed by atoms with Crippen molar-refractivity contribution in [1.29, 1.82) is 0 Å². The summed E-state index contributed by atoms with van der Waals surface area (Å²) in [5, 5.41) is 2.81. The van der Waals surface area contributed by atoms with Crippen molar-refractivity contribution in [3.63, 3.8) is 0 Å². The predicted molar refractivity (Wildman–Crippen MR) is 96.2 cm³/mol. The van der Waals surface area contributed by atoms with Crippen LogP contribution >= 0.6 is 11.8 Å². The Hall–Kier alpha value is -1.25. The van der Waals surface area contributed by atoms with E-state index in [9.17, 15) is 13.2 Å². The molecule has 2 unspecified atom stereocenters. The molecule has 0 spiro atoms. The molecule has 1 N–H and O–H groups in total. The molecule has 6 nitrogen and oxygen atoms in total. The third-order valence-electron chi connectivity index (χ3n) is 3.95. The Morgan fingerprint density at radius 3 is 2.67 bits per heavy atom. The van der Waals surface area contributed by atoms with Gasteiger partial charge < -0.3 is 15.0 Å². The molecule has 1 heterocycles. The highest BCUT2D eigenvalue weighted by Crippen LogP contribution is 2.18. The largest absolute Gasteiger partial charge is 0.378 e. The third kappa shape index (κ3) is 5.39. The molecule has 1 saturated heterocycles. The molecule has 0 aromatic heterocycles. The molecule has 1 aromatic rings. The molecule has 0 bridgehead atoms. The molecule has 24 heavy (non-hydrogen) atoms. The summed E-state index contributed by atoms with van der Waals surface area (Å²) in [6.45, 7) is 3.07. The average Bonchev–Trinajstić information content (AvgIpc) is 2.86. The van der Waals surface area contributed by atoms with Gasteiger partial charge in [-0.1, -0.05) is 18.2 Å². The first-order valence-corrected chi connectivity index (χ1v) is 10.7. The lowest BCUT2D eigenvalue weighted by Gasteiger charge is -2.25. The number of rotatable bonds is 7. The third-order valence-corrected chi connectivity index (χ3v) is 6.65. The molecule has 1 aliphatic rings. The number of amides is 2. The number of urea groups is 1. The highest BCUT2D eigenvalue weighted by molar-refractivity contribution is 7.99. The van der Waals surface area contributed by atoms with Crippen LogP contribution in [0.2, 0.25) is 0 Å². The number of ether oxygens (including phenoxy) is 1. The number of methoxy groups -OCH3 is 1. The summed E-state index contributed by atoms with van der Waals surface area (Å²) in [5.74, 6) is 0.680. The minimum Gasteiger partial charge on any atom is -0.378 e. The van der Waals surface area contributed by atoms with Crippen molar-refractivity contribution in [2.75, 3.05) is 37.5 Å². The van der Waals surface area contributed by atoms with Crippen LogP contribution in [-0.2, 0) is 14.6 Å². The van der Waals surface area contributed by atoms with Crippen LogP contribution in [0.5, 0.6) is 0 Å². The first-order valence-electron chi connectivity index (χ1n) is 7.91. The van der Waals surface area contributed by atoms with E-state index in [4.69, 9.17) is 4.74 Å². The molecule has 1 aliphatic heterocycles. The Bertz CT molecular complexity index is 637. The normalized spacial score (nSPS) is 22.2. The smallest absolute Gasteiger partial charge is 0.317 e. The Labute approximate surface area is 147 Å². The van der Waals surface area contributed by atoms with Gasteiger partial charge in [0.05, 0.1) is 23.7 Å². The van der Waals surface area contributed by atoms with E-state index in [0.29, 0.717) is 13.1 Å². The maximum atomic E-state index is 12.4. The minimum absolute atomic E-state index is 0.0373. The fraction of sp³-hybridized carbons (Fsp3) is 0.562. The average molecular weight is 373 g/mol. The molecule has 2 amide bonds. The monoisotopic (exact) mass is 372 g/mol. The van der Waals surface area contributed by atoms with Crippen LogP contribution in [0.25, 0.3) is 0 Å². The quantitative estimate of drug-likeness (QED) is 0.736. The molecule has 1 aromatic carbocycles. The number of nitrogens with one attached hydrogen (secondary N) is 1. The second-order valence-electron chi connectivity index (χ2n) is 5.65. The standard InChI is InChI=1S/C16H24N2O4S2/c1-3-18(9-10-23-13-7-5-4-6-8-13)16(19)17-14-11-24(20,21)12-15(14)22-2/h4-8,14-15H,3,9-12H2,1-2H3,(H,17,19). The van der Waals surface area contributed by atoms with Gasteiger partial charge >= 0.3 is 6.03 Å². The topological polar surface area (TPSA) is 75.7 Å². The van der Waals surface area contributed by atoms with Crippen molar-refractivity contribution in [1.82, 2.24) is 10.2 Å². The number of benzene rings is 1. The minimum atomic E-state index is -3.15. The molecule has 134 valence electrons. The first kappa shape index (κ1) is 19.1. The number of carbonyl (C=O) groups excluding carboxylic acids is 1. The van der Waals surface area contributed by atoms with E-state index in [1.807, 2.05) is 37.3 Å². The summed E-state index contributed by atoms with van der Waals surface area (Å²) in [6, 6.07) is 9.29. The number of carbonyl (C=O) groups is 1. The summed E-state index contributed by atoms with van der Waals surface area (Å²) in [4.78, 5) is 15.3. The second kappa shape index (κ2) is 8.73. The van der Waals surface area contributed by atoms with E-state index >= 15 is 0 Å². The van der Waals surface area contributed by atoms with Crippen molar-refractivity contribution in [3.05, 3.63) is 30.3 Å². The first-order chi connectivity index (χ1) is 11.4. The maximum absolute atomic E-state index is 12.4. The van der Waals surface area contributed by atoms with Gasteiger partial charge in [0.25, 0.3) is 0 Å². The summed E-state index contributed by atoms with van der Waals surface area (Å²) in [5.41, 5.74) is 0. The van der Waals surface area contributed by atoms with Crippen LogP contribution in [0.15, 0.2) is 35.2 Å². The van der Waals surface area contributed by atoms with Crippen LogP contribution in [0.4, 0.5) is 4.79 Å². The van der Waals surface area contributed by atoms with E-state index in [1.54, 1.807) is 16.7 Å². The van der Waals surface area contributed by atoms with Crippen molar-refractivity contribution in [2.45, 2.75) is 24.0 Å². The molecule has 0 saturated carbocycles. The number of sulfone groups is 1. The van der Waals surface area contributed by atoms with Gasteiger partial charge in [-0.3, -0.25) is 0 Å². The molecular formula is C16H24N2O4S2. The lowest BCUT2D eigenvalue weighted by atomic mass is 10.2. The van der Waals surface area contributed by atoms with Crippen molar-refractivity contribution < 1.29 is 17.9 Å². The van der Waals surface area contributed by atoms with Crippen LogP contribution in [-0.4, -0.2) is 69.0 Å². The zero-order chi connectivity index (χ0) is 17.6. The highest BCUT2D eigenvalue weighted by atomic mass is 32.2. The Morgan fingerprint density at radius 1 is 1.33 bits per heavy atom. The van der Waals surface area contributed by atoms with Crippen molar-refractivity contribution in [3.8, 4) is 0 Å². The lowest BCUT2D eigenvalue weighted by Crippen LogP contribution is -2.50. The molecule has 0 aliphatic carbocycles. The zero-order valence-corrected chi connectivity index (χ0v) is 15.6. The van der Waals surface area contributed by atoms with Gasteiger partial charge in [-0.05, 0) is 19.1 Å². The van der Waals surface area contributed by atoms with Crippen LogP contribution in [0.1, 0.15) is 6.92 Å². The van der Waals surface area contributed by atoms with E-state index in [0.717, 1.165) is 10.6 Å². The van der Waals surface area contributed by atoms with Gasteiger partial charge in [0.1, 0.15) is 0 Å². The van der Waals surface area contributed by atoms with Gasteiger partial charge in [-0.25, -0.2) is 13.2 Å². The van der Waals surface area contributed by atoms with Crippen molar-refractivity contribution >= 4 is 27.6 Å². The number of hydrogen-bond donors (Lipinski definition) is 1. The Kier molecular flexibility index (Phi) is 6.94. The fourth-order valence-electron chi connectivity index (χ4n) is 2.63. The van der Waals surface area contributed by atoms with Gasteiger partial charge in [0.15, 0.2) is 9.84 Å². The molecule has 2 atom stereocenters. The van der Waals surface area contributed by atoms with E-state index in [-0.39, 0.29) is 17.5 Å². The van der Waals surface area contributed by atoms with Crippen LogP contribution < -0.4 is 5.32 Å². The van der Waals surface area contributed by atoms with Gasteiger partial charge in [0, 0.05) is 30.8 Å². The second-order valence-corrected chi connectivity index (χ2v) is 8.97. The Morgan fingerprint density at radius 2 is 2.04 bits per heavy atom. The fourth-order valence-corrected chi connectivity index (χ4v) is 5.37. The van der Waals surface area contributed by atoms with Gasteiger partial charge in [0.2, 0.25) is 0 Å². The number of nitrogens with zero attached hydrogens (tertiary/aromatic N) is 1. The van der Waals surface area contributed by atoms with E-state index in [2.05, 4.69) is 5.32 Å². The molecular weight excluding hydrogens is 348 g/mol. The summed E-state index contributed by atoms with van der Waals surface area (Å²) in [7, 11) is -1.68. The van der Waals surface area contributed by atoms with Crippen LogP contribution in [0.3, 0.4) is 0 Å².